The van der Waals surface area contributed by atoms with Crippen LogP contribution < -0.4 is 5.32 Å². The van der Waals surface area contributed by atoms with E-state index < -0.39 is 0 Å². The van der Waals surface area contributed by atoms with E-state index in [9.17, 15) is 4.79 Å². The highest BCUT2D eigenvalue weighted by molar-refractivity contribution is 14.1. The van der Waals surface area contributed by atoms with Crippen LogP contribution in [0, 0.1) is 3.57 Å². The number of amides is 1. The Bertz CT molecular complexity index is 581. The third-order valence-corrected chi connectivity index (χ3v) is 3.31. The Hall–Kier alpha value is -0.780. The Morgan fingerprint density at radius 3 is 2.33 bits per heavy atom. The van der Waals surface area contributed by atoms with Crippen LogP contribution in [0.4, 0.5) is 5.69 Å². The first kappa shape index (κ1) is 13.6. The quantitative estimate of drug-likeness (QED) is 0.728. The Labute approximate surface area is 128 Å². The van der Waals surface area contributed by atoms with Crippen LogP contribution in [-0.2, 0) is 0 Å². The van der Waals surface area contributed by atoms with Gasteiger partial charge in [-0.25, -0.2) is 0 Å². The minimum absolute atomic E-state index is 0.235. The second-order valence-corrected chi connectivity index (χ2v) is 5.74. The van der Waals surface area contributed by atoms with Crippen LogP contribution in [0.25, 0.3) is 0 Å². The lowest BCUT2D eigenvalue weighted by Gasteiger charge is -2.06. The van der Waals surface area contributed by atoms with Crippen molar-refractivity contribution in [2.75, 3.05) is 5.32 Å². The molecule has 0 fully saturated rings. The van der Waals surface area contributed by atoms with E-state index in [4.69, 9.17) is 23.2 Å². The average Bonchev–Trinajstić information content (AvgIpc) is 2.27. The lowest BCUT2D eigenvalue weighted by Crippen LogP contribution is -2.11. The summed E-state index contributed by atoms with van der Waals surface area (Å²) in [4.78, 5) is 12.0. The minimum Gasteiger partial charge on any atom is -0.322 e. The SMILES string of the molecule is O=C(Nc1cccc(I)c1)c1cc(Cl)cc(Cl)c1. The summed E-state index contributed by atoms with van der Waals surface area (Å²) >= 11 is 13.9. The van der Waals surface area contributed by atoms with Crippen molar-refractivity contribution in [2.24, 2.45) is 0 Å². The first-order valence-corrected chi connectivity index (χ1v) is 6.91. The van der Waals surface area contributed by atoms with Crippen molar-refractivity contribution >= 4 is 57.4 Å². The predicted octanol–water partition coefficient (Wildman–Crippen LogP) is 4.85. The first-order chi connectivity index (χ1) is 8.54. The molecule has 18 heavy (non-hydrogen) atoms. The van der Waals surface area contributed by atoms with Gasteiger partial charge in [0.15, 0.2) is 0 Å². The molecule has 5 heteroatoms. The van der Waals surface area contributed by atoms with E-state index in [1.807, 2.05) is 24.3 Å². The summed E-state index contributed by atoms with van der Waals surface area (Å²) in [5, 5.41) is 3.67. The maximum absolute atomic E-state index is 12.0. The zero-order chi connectivity index (χ0) is 13.1. The van der Waals surface area contributed by atoms with Crippen molar-refractivity contribution in [1.82, 2.24) is 0 Å². The third kappa shape index (κ3) is 3.60. The molecular formula is C13H8Cl2INO. The zero-order valence-corrected chi connectivity index (χ0v) is 12.8. The van der Waals surface area contributed by atoms with Crippen molar-refractivity contribution < 1.29 is 4.79 Å². The molecule has 0 saturated heterocycles. The number of anilines is 1. The van der Waals surface area contributed by atoms with E-state index in [1.165, 1.54) is 0 Å². The molecule has 0 saturated carbocycles. The topological polar surface area (TPSA) is 29.1 Å². The van der Waals surface area contributed by atoms with E-state index in [0.29, 0.717) is 15.6 Å². The number of carbonyl (C=O) groups excluding carboxylic acids is 1. The molecule has 2 rings (SSSR count). The van der Waals surface area contributed by atoms with Gasteiger partial charge in [-0.15, -0.1) is 0 Å². The fourth-order valence-electron chi connectivity index (χ4n) is 1.45. The third-order valence-electron chi connectivity index (χ3n) is 2.21. The maximum atomic E-state index is 12.0. The maximum Gasteiger partial charge on any atom is 0.255 e. The van der Waals surface area contributed by atoms with Crippen molar-refractivity contribution in [3.8, 4) is 0 Å². The van der Waals surface area contributed by atoms with Crippen LogP contribution >= 0.6 is 45.8 Å². The summed E-state index contributed by atoms with van der Waals surface area (Å²) in [6, 6.07) is 12.3. The highest BCUT2D eigenvalue weighted by Gasteiger charge is 2.08. The highest BCUT2D eigenvalue weighted by Crippen LogP contribution is 2.20. The van der Waals surface area contributed by atoms with Crippen LogP contribution in [0.2, 0.25) is 10.0 Å². The van der Waals surface area contributed by atoms with Crippen molar-refractivity contribution in [3.05, 3.63) is 61.6 Å². The number of rotatable bonds is 2. The van der Waals surface area contributed by atoms with Crippen molar-refractivity contribution in [3.63, 3.8) is 0 Å². The molecule has 0 aliphatic heterocycles. The number of hydrogen-bond donors (Lipinski definition) is 1. The number of carbonyl (C=O) groups is 1. The zero-order valence-electron chi connectivity index (χ0n) is 9.08. The first-order valence-electron chi connectivity index (χ1n) is 5.07. The largest absolute Gasteiger partial charge is 0.322 e. The van der Waals surface area contributed by atoms with E-state index in [1.54, 1.807) is 18.2 Å². The molecule has 2 aromatic rings. The van der Waals surface area contributed by atoms with Crippen LogP contribution in [0.1, 0.15) is 10.4 Å². The van der Waals surface area contributed by atoms with Crippen LogP contribution in [0.3, 0.4) is 0 Å². The molecular weight excluding hydrogens is 384 g/mol. The molecule has 0 radical (unpaired) electrons. The van der Waals surface area contributed by atoms with Crippen LogP contribution in [0.15, 0.2) is 42.5 Å². The van der Waals surface area contributed by atoms with Gasteiger partial charge in [-0.3, -0.25) is 4.79 Å². The van der Waals surface area contributed by atoms with Crippen molar-refractivity contribution in [1.29, 1.82) is 0 Å². The highest BCUT2D eigenvalue weighted by atomic mass is 127. The van der Waals surface area contributed by atoms with Gasteiger partial charge in [-0.1, -0.05) is 29.3 Å². The fraction of sp³-hybridized carbons (Fsp3) is 0. The molecule has 2 nitrogen and oxygen atoms in total. The lowest BCUT2D eigenvalue weighted by molar-refractivity contribution is 0.102. The Kier molecular flexibility index (Phi) is 4.48. The Morgan fingerprint density at radius 2 is 1.72 bits per heavy atom. The number of hydrogen-bond acceptors (Lipinski definition) is 1. The van der Waals surface area contributed by atoms with E-state index in [2.05, 4.69) is 27.9 Å². The molecule has 0 aliphatic rings. The summed E-state index contributed by atoms with van der Waals surface area (Å²) in [7, 11) is 0. The van der Waals surface area contributed by atoms with Gasteiger partial charge < -0.3 is 5.32 Å². The monoisotopic (exact) mass is 391 g/mol. The molecule has 2 aromatic carbocycles. The molecule has 1 amide bonds. The molecule has 0 heterocycles. The van der Waals surface area contributed by atoms with E-state index in [-0.39, 0.29) is 5.91 Å². The summed E-state index contributed by atoms with van der Waals surface area (Å²) in [6.45, 7) is 0. The van der Waals surface area contributed by atoms with Gasteiger partial charge in [-0.05, 0) is 59.0 Å². The van der Waals surface area contributed by atoms with E-state index in [0.717, 1.165) is 9.26 Å². The average molecular weight is 392 g/mol. The van der Waals surface area contributed by atoms with Gasteiger partial charge in [0.2, 0.25) is 0 Å². The summed E-state index contributed by atoms with van der Waals surface area (Å²) < 4.78 is 1.05. The normalized spacial score (nSPS) is 10.2. The number of benzene rings is 2. The Morgan fingerprint density at radius 1 is 1.06 bits per heavy atom. The lowest BCUT2D eigenvalue weighted by atomic mass is 10.2. The Balaban J connectivity index is 2.22. The number of nitrogens with one attached hydrogen (secondary N) is 1. The molecule has 0 aromatic heterocycles. The van der Waals surface area contributed by atoms with Gasteiger partial charge in [0.1, 0.15) is 0 Å². The molecule has 0 atom stereocenters. The minimum atomic E-state index is -0.235. The fourth-order valence-corrected chi connectivity index (χ4v) is 2.52. The molecule has 1 N–H and O–H groups in total. The van der Waals surface area contributed by atoms with Gasteiger partial charge in [0.05, 0.1) is 0 Å². The van der Waals surface area contributed by atoms with E-state index >= 15 is 0 Å². The van der Waals surface area contributed by atoms with Crippen LogP contribution in [-0.4, -0.2) is 5.91 Å². The standard InChI is InChI=1S/C13H8Cl2INO/c14-9-4-8(5-10(15)6-9)13(18)17-12-3-1-2-11(16)7-12/h1-7H,(H,17,18). The van der Waals surface area contributed by atoms with Gasteiger partial charge >= 0.3 is 0 Å². The van der Waals surface area contributed by atoms with Gasteiger partial charge in [0, 0.05) is 24.9 Å². The molecule has 92 valence electrons. The second-order valence-electron chi connectivity index (χ2n) is 3.62. The predicted molar refractivity (Wildman–Crippen MR) is 83.6 cm³/mol. The van der Waals surface area contributed by atoms with Gasteiger partial charge in [0.25, 0.3) is 5.91 Å². The van der Waals surface area contributed by atoms with Crippen molar-refractivity contribution in [2.45, 2.75) is 0 Å². The smallest absolute Gasteiger partial charge is 0.255 e. The molecule has 0 unspecified atom stereocenters. The number of halogens is 3. The molecule has 0 bridgehead atoms. The molecule has 0 aliphatic carbocycles. The van der Waals surface area contributed by atoms with Crippen LogP contribution in [0.5, 0.6) is 0 Å². The second kappa shape index (κ2) is 5.91. The summed E-state index contributed by atoms with van der Waals surface area (Å²) in [5.74, 6) is -0.235. The van der Waals surface area contributed by atoms with Gasteiger partial charge in [-0.2, -0.15) is 0 Å². The summed E-state index contributed by atoms with van der Waals surface area (Å²) in [5.41, 5.74) is 1.18. The molecule has 0 spiro atoms. The summed E-state index contributed by atoms with van der Waals surface area (Å²) in [6.07, 6.45) is 0.